The molecule has 0 aromatic carbocycles. The van der Waals surface area contributed by atoms with Crippen molar-refractivity contribution in [2.24, 2.45) is 0 Å². The van der Waals surface area contributed by atoms with Crippen molar-refractivity contribution in [3.63, 3.8) is 0 Å². The highest BCUT2D eigenvalue weighted by molar-refractivity contribution is 5.97. The molecule has 0 atom stereocenters. The Labute approximate surface area is 84.6 Å². The minimum atomic E-state index is 0.151. The molecule has 0 unspecified atom stereocenters. The summed E-state index contributed by atoms with van der Waals surface area (Å²) < 4.78 is 5.20. The fourth-order valence-corrected chi connectivity index (χ4v) is 1.32. The molecule has 0 saturated heterocycles. The Bertz CT molecular complexity index is 334. The average molecular weight is 192 g/mol. The zero-order valence-corrected chi connectivity index (χ0v) is 8.80. The lowest BCUT2D eigenvalue weighted by atomic mass is 10.0. The normalized spacial score (nSPS) is 10.1. The molecule has 1 rings (SSSR count). The maximum absolute atomic E-state index is 11.7. The smallest absolute Gasteiger partial charge is 0.166 e. The molecule has 2 nitrogen and oxygen atoms in total. The van der Waals surface area contributed by atoms with E-state index in [1.165, 1.54) is 0 Å². The molecule has 1 aromatic rings. The second-order valence-electron chi connectivity index (χ2n) is 3.49. The van der Waals surface area contributed by atoms with E-state index in [4.69, 9.17) is 4.42 Å². The van der Waals surface area contributed by atoms with Crippen molar-refractivity contribution in [1.29, 1.82) is 0 Å². The summed E-state index contributed by atoms with van der Waals surface area (Å²) in [5, 5.41) is 0. The highest BCUT2D eigenvalue weighted by Gasteiger charge is 2.12. The van der Waals surface area contributed by atoms with E-state index >= 15 is 0 Å². The van der Waals surface area contributed by atoms with Crippen molar-refractivity contribution in [2.45, 2.75) is 33.1 Å². The van der Waals surface area contributed by atoms with Crippen LogP contribution in [0.5, 0.6) is 0 Å². The van der Waals surface area contributed by atoms with Gasteiger partial charge in [-0.3, -0.25) is 4.79 Å². The number of furan rings is 1. The minimum absolute atomic E-state index is 0.151. The summed E-state index contributed by atoms with van der Waals surface area (Å²) in [4.78, 5) is 11.7. The Morgan fingerprint density at radius 3 is 2.79 bits per heavy atom. The minimum Gasteiger partial charge on any atom is -0.469 e. The molecule has 0 fully saturated rings. The quantitative estimate of drug-likeness (QED) is 0.528. The van der Waals surface area contributed by atoms with E-state index in [0.29, 0.717) is 6.42 Å². The zero-order chi connectivity index (χ0) is 10.6. The summed E-state index contributed by atoms with van der Waals surface area (Å²) in [6.45, 7) is 7.69. The SMILES string of the molecule is C=C(C)CCC(=O)c1ccoc1CC. The first kappa shape index (κ1) is 10.8. The lowest BCUT2D eigenvalue weighted by Gasteiger charge is -1.99. The Balaban J connectivity index is 2.64. The molecular formula is C12H16O2. The Kier molecular flexibility index (Phi) is 3.69. The molecule has 0 bridgehead atoms. The van der Waals surface area contributed by atoms with Crippen LogP contribution in [0.4, 0.5) is 0 Å². The lowest BCUT2D eigenvalue weighted by Crippen LogP contribution is -2.00. The summed E-state index contributed by atoms with van der Waals surface area (Å²) in [7, 11) is 0. The zero-order valence-electron chi connectivity index (χ0n) is 8.80. The summed E-state index contributed by atoms with van der Waals surface area (Å²) in [6, 6.07) is 1.75. The van der Waals surface area contributed by atoms with Crippen molar-refractivity contribution < 1.29 is 9.21 Å². The predicted octanol–water partition coefficient (Wildman–Crippen LogP) is 3.38. The molecule has 0 N–H and O–H groups in total. The van der Waals surface area contributed by atoms with Crippen LogP contribution in [0.15, 0.2) is 28.9 Å². The first-order valence-corrected chi connectivity index (χ1v) is 4.89. The van der Waals surface area contributed by atoms with Crippen LogP contribution in [-0.4, -0.2) is 5.78 Å². The molecule has 0 aliphatic carbocycles. The van der Waals surface area contributed by atoms with Gasteiger partial charge in [0.15, 0.2) is 5.78 Å². The van der Waals surface area contributed by atoms with Crippen LogP contribution in [0.1, 0.15) is 42.8 Å². The van der Waals surface area contributed by atoms with Gasteiger partial charge in [0.1, 0.15) is 5.76 Å². The molecule has 2 heteroatoms. The van der Waals surface area contributed by atoms with Crippen LogP contribution in [0.2, 0.25) is 0 Å². The highest BCUT2D eigenvalue weighted by Crippen LogP contribution is 2.15. The van der Waals surface area contributed by atoms with Gasteiger partial charge in [0, 0.05) is 12.8 Å². The molecule has 0 saturated carbocycles. The van der Waals surface area contributed by atoms with Gasteiger partial charge in [0.2, 0.25) is 0 Å². The van der Waals surface area contributed by atoms with Crippen LogP contribution in [0.25, 0.3) is 0 Å². The van der Waals surface area contributed by atoms with Gasteiger partial charge in [-0.2, -0.15) is 0 Å². The average Bonchev–Trinajstić information content (AvgIpc) is 2.61. The lowest BCUT2D eigenvalue weighted by molar-refractivity contribution is 0.0981. The molecule has 0 aliphatic heterocycles. The maximum atomic E-state index is 11.7. The fourth-order valence-electron chi connectivity index (χ4n) is 1.32. The van der Waals surface area contributed by atoms with Gasteiger partial charge in [0.05, 0.1) is 11.8 Å². The third-order valence-electron chi connectivity index (χ3n) is 2.15. The number of aryl methyl sites for hydroxylation is 1. The number of hydrogen-bond donors (Lipinski definition) is 0. The third kappa shape index (κ3) is 2.59. The van der Waals surface area contributed by atoms with E-state index in [0.717, 1.165) is 29.7 Å². The Hall–Kier alpha value is -1.31. The second-order valence-corrected chi connectivity index (χ2v) is 3.49. The van der Waals surface area contributed by atoms with Gasteiger partial charge in [-0.05, 0) is 19.4 Å². The summed E-state index contributed by atoms with van der Waals surface area (Å²) >= 11 is 0. The van der Waals surface area contributed by atoms with E-state index < -0.39 is 0 Å². The molecular weight excluding hydrogens is 176 g/mol. The van der Waals surface area contributed by atoms with Gasteiger partial charge in [-0.15, -0.1) is 6.58 Å². The first-order valence-electron chi connectivity index (χ1n) is 4.89. The van der Waals surface area contributed by atoms with Crippen LogP contribution >= 0.6 is 0 Å². The largest absolute Gasteiger partial charge is 0.469 e. The van der Waals surface area contributed by atoms with Crippen LogP contribution < -0.4 is 0 Å². The number of carbonyl (C=O) groups excluding carboxylic acids is 1. The van der Waals surface area contributed by atoms with E-state index in [9.17, 15) is 4.79 Å². The number of rotatable bonds is 5. The summed E-state index contributed by atoms with van der Waals surface area (Å²) in [6.07, 6.45) is 3.63. The van der Waals surface area contributed by atoms with Gasteiger partial charge in [-0.1, -0.05) is 12.5 Å². The molecule has 1 aromatic heterocycles. The van der Waals surface area contributed by atoms with Crippen LogP contribution in [-0.2, 0) is 6.42 Å². The molecule has 1 heterocycles. The number of carbonyl (C=O) groups is 1. The van der Waals surface area contributed by atoms with Gasteiger partial charge >= 0.3 is 0 Å². The number of hydrogen-bond acceptors (Lipinski definition) is 2. The van der Waals surface area contributed by atoms with Crippen LogP contribution in [0, 0.1) is 0 Å². The maximum Gasteiger partial charge on any atom is 0.166 e. The fraction of sp³-hybridized carbons (Fsp3) is 0.417. The first-order chi connectivity index (χ1) is 6.65. The molecule has 0 radical (unpaired) electrons. The van der Waals surface area contributed by atoms with Crippen molar-refractivity contribution in [1.82, 2.24) is 0 Å². The number of allylic oxidation sites excluding steroid dienone is 1. The second kappa shape index (κ2) is 4.80. The van der Waals surface area contributed by atoms with Crippen molar-refractivity contribution >= 4 is 5.78 Å². The van der Waals surface area contributed by atoms with Crippen molar-refractivity contribution in [2.75, 3.05) is 0 Å². The topological polar surface area (TPSA) is 30.2 Å². The van der Waals surface area contributed by atoms with Gasteiger partial charge in [-0.25, -0.2) is 0 Å². The van der Waals surface area contributed by atoms with Gasteiger partial charge < -0.3 is 4.42 Å². The molecule has 0 spiro atoms. The van der Waals surface area contributed by atoms with Crippen molar-refractivity contribution in [3.8, 4) is 0 Å². The molecule has 14 heavy (non-hydrogen) atoms. The third-order valence-corrected chi connectivity index (χ3v) is 2.15. The number of Topliss-reactive ketones (excluding diaryl/α,β-unsaturated/α-hetero) is 1. The summed E-state index contributed by atoms with van der Waals surface area (Å²) in [5.74, 6) is 0.940. The van der Waals surface area contributed by atoms with Gasteiger partial charge in [0.25, 0.3) is 0 Å². The van der Waals surface area contributed by atoms with E-state index in [2.05, 4.69) is 6.58 Å². The Morgan fingerprint density at radius 2 is 2.21 bits per heavy atom. The van der Waals surface area contributed by atoms with Crippen molar-refractivity contribution in [3.05, 3.63) is 35.8 Å². The van der Waals surface area contributed by atoms with E-state index in [1.807, 2.05) is 13.8 Å². The molecule has 0 amide bonds. The molecule has 0 aliphatic rings. The van der Waals surface area contributed by atoms with Crippen LogP contribution in [0.3, 0.4) is 0 Å². The standard InChI is InChI=1S/C12H16O2/c1-4-12-10(7-8-14-12)11(13)6-5-9(2)3/h7-8H,2,4-6H2,1,3H3. The van der Waals surface area contributed by atoms with E-state index in [1.54, 1.807) is 12.3 Å². The van der Waals surface area contributed by atoms with E-state index in [-0.39, 0.29) is 5.78 Å². The number of ketones is 1. The monoisotopic (exact) mass is 192 g/mol. The molecule has 76 valence electrons. The summed E-state index contributed by atoms with van der Waals surface area (Å²) in [5.41, 5.74) is 1.77. The highest BCUT2D eigenvalue weighted by atomic mass is 16.3. The predicted molar refractivity (Wildman–Crippen MR) is 56.5 cm³/mol. The Morgan fingerprint density at radius 1 is 1.50 bits per heavy atom.